The molecule has 4 N–H and O–H groups in total. The molecule has 98 valence electrons. The molecule has 2 atom stereocenters. The topological polar surface area (TPSA) is 98.7 Å². The van der Waals surface area contributed by atoms with E-state index in [1.807, 2.05) is 13.8 Å². The predicted molar refractivity (Wildman–Crippen MR) is 61.5 cm³/mol. The summed E-state index contributed by atoms with van der Waals surface area (Å²) in [7, 11) is 0. The molecule has 0 bridgehead atoms. The summed E-state index contributed by atoms with van der Waals surface area (Å²) in [5, 5.41) is 23.0. The van der Waals surface area contributed by atoms with Gasteiger partial charge in [0.25, 0.3) is 0 Å². The SMILES string of the molecule is CC1(C)CCCNC1C(=O)N[C@@H](CO)C(=O)O. The highest BCUT2D eigenvalue weighted by atomic mass is 16.4. The molecule has 1 aliphatic rings. The van der Waals surface area contributed by atoms with Crippen LogP contribution in [0.5, 0.6) is 0 Å². The Hall–Kier alpha value is -1.14. The van der Waals surface area contributed by atoms with Crippen molar-refractivity contribution >= 4 is 11.9 Å². The number of aliphatic hydroxyl groups is 1. The van der Waals surface area contributed by atoms with E-state index in [2.05, 4.69) is 10.6 Å². The van der Waals surface area contributed by atoms with Gasteiger partial charge in [-0.05, 0) is 24.8 Å². The van der Waals surface area contributed by atoms with Gasteiger partial charge in [0.1, 0.15) is 6.04 Å². The number of amides is 1. The van der Waals surface area contributed by atoms with Gasteiger partial charge in [-0.2, -0.15) is 0 Å². The molecule has 0 aliphatic carbocycles. The van der Waals surface area contributed by atoms with Gasteiger partial charge in [-0.15, -0.1) is 0 Å². The number of rotatable bonds is 4. The van der Waals surface area contributed by atoms with E-state index in [0.29, 0.717) is 0 Å². The Morgan fingerprint density at radius 1 is 1.53 bits per heavy atom. The first-order valence-corrected chi connectivity index (χ1v) is 5.76. The monoisotopic (exact) mass is 244 g/mol. The zero-order chi connectivity index (χ0) is 13.1. The first-order chi connectivity index (χ1) is 7.88. The fourth-order valence-corrected chi connectivity index (χ4v) is 2.10. The standard InChI is InChI=1S/C11H20N2O4/c1-11(2)4-3-5-12-8(11)9(15)13-7(6-14)10(16)17/h7-8,12,14H,3-6H2,1-2H3,(H,13,15)(H,16,17)/t7-,8?/m0/s1. The molecule has 1 saturated heterocycles. The van der Waals surface area contributed by atoms with Crippen molar-refractivity contribution in [3.8, 4) is 0 Å². The molecule has 0 radical (unpaired) electrons. The average Bonchev–Trinajstić information content (AvgIpc) is 2.24. The number of aliphatic hydroxyl groups excluding tert-OH is 1. The smallest absolute Gasteiger partial charge is 0.328 e. The zero-order valence-electron chi connectivity index (χ0n) is 10.2. The van der Waals surface area contributed by atoms with Crippen molar-refractivity contribution in [2.45, 2.75) is 38.8 Å². The van der Waals surface area contributed by atoms with E-state index in [1.165, 1.54) is 0 Å². The van der Waals surface area contributed by atoms with E-state index in [0.717, 1.165) is 19.4 Å². The van der Waals surface area contributed by atoms with Gasteiger partial charge in [-0.3, -0.25) is 4.79 Å². The van der Waals surface area contributed by atoms with Gasteiger partial charge in [0, 0.05) is 0 Å². The molecule has 1 amide bonds. The molecule has 0 spiro atoms. The number of hydrogen-bond donors (Lipinski definition) is 4. The molecule has 17 heavy (non-hydrogen) atoms. The molecular formula is C11H20N2O4. The van der Waals surface area contributed by atoms with E-state index in [9.17, 15) is 9.59 Å². The lowest BCUT2D eigenvalue weighted by molar-refractivity contribution is -0.144. The minimum absolute atomic E-state index is 0.207. The van der Waals surface area contributed by atoms with Crippen molar-refractivity contribution in [3.05, 3.63) is 0 Å². The lowest BCUT2D eigenvalue weighted by Crippen LogP contribution is -2.58. The van der Waals surface area contributed by atoms with E-state index in [4.69, 9.17) is 10.2 Å². The number of nitrogens with one attached hydrogen (secondary N) is 2. The van der Waals surface area contributed by atoms with Crippen LogP contribution >= 0.6 is 0 Å². The van der Waals surface area contributed by atoms with Gasteiger partial charge in [-0.25, -0.2) is 4.79 Å². The summed E-state index contributed by atoms with van der Waals surface area (Å²) < 4.78 is 0. The van der Waals surface area contributed by atoms with Gasteiger partial charge < -0.3 is 20.8 Å². The van der Waals surface area contributed by atoms with E-state index in [1.54, 1.807) is 0 Å². The third-order valence-corrected chi connectivity index (χ3v) is 3.19. The molecule has 0 aromatic carbocycles. The normalized spacial score (nSPS) is 25.0. The Morgan fingerprint density at radius 3 is 2.65 bits per heavy atom. The molecule has 1 heterocycles. The molecule has 0 aromatic rings. The van der Waals surface area contributed by atoms with Crippen molar-refractivity contribution < 1.29 is 19.8 Å². The Bertz CT molecular complexity index is 304. The summed E-state index contributed by atoms with van der Waals surface area (Å²) in [5.41, 5.74) is -0.207. The van der Waals surface area contributed by atoms with Crippen molar-refractivity contribution in [2.24, 2.45) is 5.41 Å². The highest BCUT2D eigenvalue weighted by Crippen LogP contribution is 2.30. The number of carboxylic acids is 1. The number of carboxylic acid groups (broad SMARTS) is 1. The van der Waals surface area contributed by atoms with Crippen LogP contribution in [0.15, 0.2) is 0 Å². The zero-order valence-corrected chi connectivity index (χ0v) is 10.2. The second-order valence-electron chi connectivity index (χ2n) is 5.06. The van der Waals surface area contributed by atoms with Crippen molar-refractivity contribution in [3.63, 3.8) is 0 Å². The summed E-state index contributed by atoms with van der Waals surface area (Å²) >= 11 is 0. The van der Waals surface area contributed by atoms with E-state index >= 15 is 0 Å². The second-order valence-corrected chi connectivity index (χ2v) is 5.06. The quantitative estimate of drug-likeness (QED) is 0.525. The van der Waals surface area contributed by atoms with Crippen LogP contribution in [-0.4, -0.2) is 47.3 Å². The van der Waals surface area contributed by atoms with Crippen LogP contribution in [0.2, 0.25) is 0 Å². The van der Waals surface area contributed by atoms with Crippen LogP contribution in [0.25, 0.3) is 0 Å². The van der Waals surface area contributed by atoms with Gasteiger partial charge in [-0.1, -0.05) is 13.8 Å². The van der Waals surface area contributed by atoms with Gasteiger partial charge in [0.05, 0.1) is 12.6 Å². The molecule has 0 aromatic heterocycles. The maximum Gasteiger partial charge on any atom is 0.328 e. The summed E-state index contributed by atoms with van der Waals surface area (Å²) in [6, 6.07) is -1.65. The van der Waals surface area contributed by atoms with Crippen LogP contribution in [-0.2, 0) is 9.59 Å². The first-order valence-electron chi connectivity index (χ1n) is 5.76. The van der Waals surface area contributed by atoms with Crippen LogP contribution in [0.3, 0.4) is 0 Å². The summed E-state index contributed by atoms with van der Waals surface area (Å²) in [6.45, 7) is 4.09. The summed E-state index contributed by atoms with van der Waals surface area (Å²) in [6.07, 6.45) is 1.91. The summed E-state index contributed by atoms with van der Waals surface area (Å²) in [5.74, 6) is -1.59. The highest BCUT2D eigenvalue weighted by molar-refractivity contribution is 5.87. The molecule has 0 saturated carbocycles. The molecule has 6 heteroatoms. The predicted octanol–water partition coefficient (Wildman–Crippen LogP) is -0.674. The highest BCUT2D eigenvalue weighted by Gasteiger charge is 2.38. The van der Waals surface area contributed by atoms with Gasteiger partial charge in [0.15, 0.2) is 0 Å². The Morgan fingerprint density at radius 2 is 2.18 bits per heavy atom. The number of carbonyl (C=O) groups excluding carboxylic acids is 1. The lowest BCUT2D eigenvalue weighted by atomic mass is 9.77. The largest absolute Gasteiger partial charge is 0.480 e. The molecule has 1 fully saturated rings. The van der Waals surface area contributed by atoms with E-state index in [-0.39, 0.29) is 11.3 Å². The van der Waals surface area contributed by atoms with Gasteiger partial charge in [0.2, 0.25) is 5.91 Å². The van der Waals surface area contributed by atoms with Gasteiger partial charge >= 0.3 is 5.97 Å². The van der Waals surface area contributed by atoms with Crippen molar-refractivity contribution in [2.75, 3.05) is 13.2 Å². The molecule has 6 nitrogen and oxygen atoms in total. The fraction of sp³-hybridized carbons (Fsp3) is 0.818. The van der Waals surface area contributed by atoms with Crippen LogP contribution in [0.1, 0.15) is 26.7 Å². The lowest BCUT2D eigenvalue weighted by Gasteiger charge is -2.38. The van der Waals surface area contributed by atoms with Crippen LogP contribution < -0.4 is 10.6 Å². The third kappa shape index (κ3) is 3.41. The second kappa shape index (κ2) is 5.46. The van der Waals surface area contributed by atoms with Crippen molar-refractivity contribution in [1.29, 1.82) is 0 Å². The molecular weight excluding hydrogens is 224 g/mol. The molecule has 1 aliphatic heterocycles. The minimum atomic E-state index is -1.23. The first kappa shape index (κ1) is 13.9. The van der Waals surface area contributed by atoms with Crippen molar-refractivity contribution in [1.82, 2.24) is 10.6 Å². The fourth-order valence-electron chi connectivity index (χ4n) is 2.10. The number of piperidine rings is 1. The van der Waals surface area contributed by atoms with E-state index < -0.39 is 24.7 Å². The number of carbonyl (C=O) groups is 2. The molecule has 1 unspecified atom stereocenters. The molecule has 1 rings (SSSR count). The number of aliphatic carboxylic acids is 1. The summed E-state index contributed by atoms with van der Waals surface area (Å²) in [4.78, 5) is 22.7. The maximum atomic E-state index is 11.9. The third-order valence-electron chi connectivity index (χ3n) is 3.19. The maximum absolute atomic E-state index is 11.9. The average molecular weight is 244 g/mol. The Kier molecular flexibility index (Phi) is 4.47. The Balaban J connectivity index is 2.65. The van der Waals surface area contributed by atoms with Crippen LogP contribution in [0.4, 0.5) is 0 Å². The minimum Gasteiger partial charge on any atom is -0.480 e. The van der Waals surface area contributed by atoms with Crippen LogP contribution in [0, 0.1) is 5.41 Å². The number of hydrogen-bond acceptors (Lipinski definition) is 4. The Labute approximate surface area is 100 Å².